The summed E-state index contributed by atoms with van der Waals surface area (Å²) in [6.07, 6.45) is -1.40. The highest BCUT2D eigenvalue weighted by atomic mass is 32.1. The van der Waals surface area contributed by atoms with Crippen LogP contribution in [0.1, 0.15) is 43.2 Å². The van der Waals surface area contributed by atoms with Crippen LogP contribution in [0.3, 0.4) is 0 Å². The van der Waals surface area contributed by atoms with Crippen LogP contribution < -0.4 is 15.4 Å². The zero-order chi connectivity index (χ0) is 34.1. The Morgan fingerprint density at radius 2 is 1.92 bits per heavy atom. The van der Waals surface area contributed by atoms with Gasteiger partial charge in [-0.2, -0.15) is 28.4 Å². The lowest BCUT2D eigenvalue weighted by Crippen LogP contribution is -2.38. The van der Waals surface area contributed by atoms with Gasteiger partial charge in [0.15, 0.2) is 5.82 Å². The number of nitriles is 1. The Bertz CT molecular complexity index is 1930. The molecule has 5 unspecified atom stereocenters. The normalized spacial score (nSPS) is 25.3. The molecule has 1 saturated carbocycles. The Kier molecular flexibility index (Phi) is 8.32. The van der Waals surface area contributed by atoms with Gasteiger partial charge in [-0.25, -0.2) is 13.2 Å². The number of aliphatic hydroxyl groups excluding tert-OH is 1. The van der Waals surface area contributed by atoms with E-state index in [9.17, 15) is 32.3 Å². The van der Waals surface area contributed by atoms with Gasteiger partial charge in [0.1, 0.15) is 34.4 Å². The van der Waals surface area contributed by atoms with Crippen molar-refractivity contribution in [1.29, 1.82) is 5.26 Å². The standard InChI is InChI=1S/C26H20F5N5O2S.C7H12FN/c1-38-25-34-21-13(24(35-25)36-8-10-4-11(9-36)17(37)5-10)6-15(26(29,30)31)19(20(21)28)12-2-3-16(27)22-18(12)14(7-32)23(33)39-22;8-6-4-7-2-1-3-9(7)5-6/h2-3,6,10-11,17,37H,4-5,8-9,33H2,1H3;6-7H,1-5H2. The fraction of sp³-hybridized carbons (Fsp3) is 0.485. The maximum absolute atomic E-state index is 16.4. The van der Waals surface area contributed by atoms with Gasteiger partial charge in [-0.05, 0) is 62.3 Å². The summed E-state index contributed by atoms with van der Waals surface area (Å²) in [6.45, 7) is 2.61. The van der Waals surface area contributed by atoms with Crippen LogP contribution in [0.25, 0.3) is 32.1 Å². The van der Waals surface area contributed by atoms with E-state index in [-0.39, 0.29) is 55.3 Å². The number of nitrogens with two attached hydrogens (primary N) is 1. The molecule has 4 aromatic rings. The minimum Gasteiger partial charge on any atom is -0.467 e. The number of ether oxygens (including phenoxy) is 1. The molecule has 15 heteroatoms. The Hall–Kier alpha value is -3.87. The van der Waals surface area contributed by atoms with Crippen molar-refractivity contribution >= 4 is 43.1 Å². The molecular weight excluding hydrogens is 658 g/mol. The number of hydrogen-bond acceptors (Lipinski definition) is 9. The first-order valence-corrected chi connectivity index (χ1v) is 16.6. The Morgan fingerprint density at radius 1 is 1.12 bits per heavy atom. The molecule has 0 radical (unpaired) electrons. The molecule has 4 aliphatic rings. The van der Waals surface area contributed by atoms with E-state index in [4.69, 9.17) is 10.5 Å². The molecule has 3 saturated heterocycles. The lowest BCUT2D eigenvalue weighted by Gasteiger charge is -2.33. The number of piperidine rings is 1. The molecule has 48 heavy (non-hydrogen) atoms. The molecule has 8 nitrogen and oxygen atoms in total. The van der Waals surface area contributed by atoms with Crippen LogP contribution in [0.2, 0.25) is 0 Å². The predicted octanol–water partition coefficient (Wildman–Crippen LogP) is 6.67. The average Bonchev–Trinajstić information content (AvgIpc) is 3.78. The number of benzene rings is 2. The first-order chi connectivity index (χ1) is 22.9. The van der Waals surface area contributed by atoms with Crippen molar-refractivity contribution in [2.75, 3.05) is 43.9 Å². The highest BCUT2D eigenvalue weighted by Gasteiger charge is 2.42. The summed E-state index contributed by atoms with van der Waals surface area (Å²) < 4.78 is 92.4. The number of hydrogen-bond donors (Lipinski definition) is 2. The van der Waals surface area contributed by atoms with Crippen LogP contribution in [-0.4, -0.2) is 71.6 Å². The average molecular weight is 691 g/mol. The van der Waals surface area contributed by atoms with Gasteiger partial charge in [-0.1, -0.05) is 6.07 Å². The number of aliphatic hydroxyl groups is 1. The number of nitrogen functional groups attached to an aromatic ring is 1. The monoisotopic (exact) mass is 690 g/mol. The summed E-state index contributed by atoms with van der Waals surface area (Å²) in [7, 11) is 1.26. The Balaban J connectivity index is 0.000000347. The van der Waals surface area contributed by atoms with Gasteiger partial charge in [0.25, 0.3) is 0 Å². The SMILES string of the molecule is COc1nc(N2CC3CC(O)C(C3)C2)c2cc(C(F)(F)F)c(-c3ccc(F)c4sc(N)c(C#N)c34)c(F)c2n1.FC1CC2CCCN2C1. The fourth-order valence-corrected chi connectivity index (χ4v) is 8.90. The molecule has 3 N–H and O–H groups in total. The molecule has 1 aliphatic carbocycles. The minimum absolute atomic E-state index is 0.0679. The van der Waals surface area contributed by atoms with Crippen LogP contribution in [0.4, 0.5) is 37.2 Å². The molecule has 3 aliphatic heterocycles. The number of rotatable bonds is 3. The van der Waals surface area contributed by atoms with Crippen LogP contribution in [0, 0.1) is 34.8 Å². The number of alkyl halides is 4. The molecule has 254 valence electrons. The fourth-order valence-electron chi connectivity index (χ4n) is 7.95. The van der Waals surface area contributed by atoms with Crippen molar-refractivity contribution in [3.8, 4) is 23.2 Å². The highest BCUT2D eigenvalue weighted by Crippen LogP contribution is 2.48. The topological polar surface area (TPSA) is 112 Å². The molecule has 2 bridgehead atoms. The van der Waals surface area contributed by atoms with E-state index in [2.05, 4.69) is 14.9 Å². The molecule has 2 aromatic carbocycles. The summed E-state index contributed by atoms with van der Waals surface area (Å²) in [5.74, 6) is -2.02. The number of methoxy groups -OCH3 is 1. The maximum atomic E-state index is 16.4. The summed E-state index contributed by atoms with van der Waals surface area (Å²) >= 11 is 0.699. The van der Waals surface area contributed by atoms with E-state index in [0.717, 1.165) is 37.6 Å². The van der Waals surface area contributed by atoms with Crippen LogP contribution in [0.5, 0.6) is 6.01 Å². The van der Waals surface area contributed by atoms with E-state index in [0.29, 0.717) is 43.4 Å². The van der Waals surface area contributed by atoms with Gasteiger partial charge in [0.2, 0.25) is 0 Å². The lowest BCUT2D eigenvalue weighted by molar-refractivity contribution is -0.137. The van der Waals surface area contributed by atoms with Crippen molar-refractivity contribution in [3.05, 3.63) is 41.0 Å². The molecule has 0 spiro atoms. The lowest BCUT2D eigenvalue weighted by atomic mass is 9.92. The van der Waals surface area contributed by atoms with Gasteiger partial charge < -0.3 is 20.5 Å². The number of aromatic nitrogens is 2. The number of thiophene rings is 1. The van der Waals surface area contributed by atoms with Crippen molar-refractivity contribution in [2.24, 2.45) is 11.8 Å². The second-order valence-electron chi connectivity index (χ2n) is 13.0. The highest BCUT2D eigenvalue weighted by molar-refractivity contribution is 7.23. The zero-order valence-corrected chi connectivity index (χ0v) is 26.6. The molecular formula is C33H32F6N6O2S. The van der Waals surface area contributed by atoms with Crippen molar-refractivity contribution in [2.45, 2.75) is 56.6 Å². The summed E-state index contributed by atoms with van der Waals surface area (Å²) in [5, 5.41) is 19.5. The van der Waals surface area contributed by atoms with Crippen molar-refractivity contribution in [3.63, 3.8) is 0 Å². The molecule has 8 rings (SSSR count). The second kappa shape index (κ2) is 12.2. The van der Waals surface area contributed by atoms with E-state index in [1.54, 1.807) is 11.0 Å². The predicted molar refractivity (Wildman–Crippen MR) is 169 cm³/mol. The van der Waals surface area contributed by atoms with E-state index in [1.807, 2.05) is 0 Å². The smallest absolute Gasteiger partial charge is 0.417 e. The van der Waals surface area contributed by atoms with E-state index < -0.39 is 46.7 Å². The van der Waals surface area contributed by atoms with E-state index >= 15 is 4.39 Å². The second-order valence-corrected chi connectivity index (χ2v) is 14.0. The minimum atomic E-state index is -5.03. The first-order valence-electron chi connectivity index (χ1n) is 15.7. The summed E-state index contributed by atoms with van der Waals surface area (Å²) in [4.78, 5) is 12.4. The number of anilines is 2. The van der Waals surface area contributed by atoms with Crippen molar-refractivity contribution < 1.29 is 36.2 Å². The summed E-state index contributed by atoms with van der Waals surface area (Å²) in [5.41, 5.74) is 2.67. The number of fused-ring (bicyclic) bond motifs is 5. The van der Waals surface area contributed by atoms with Gasteiger partial charge in [0, 0.05) is 47.9 Å². The Morgan fingerprint density at radius 3 is 2.60 bits per heavy atom. The quantitative estimate of drug-likeness (QED) is 0.230. The summed E-state index contributed by atoms with van der Waals surface area (Å²) in [6, 6.07) is 4.87. The largest absolute Gasteiger partial charge is 0.467 e. The third-order valence-electron chi connectivity index (χ3n) is 10.0. The van der Waals surface area contributed by atoms with Gasteiger partial charge in [-0.3, -0.25) is 4.90 Å². The molecule has 4 fully saturated rings. The molecule has 5 heterocycles. The maximum Gasteiger partial charge on any atom is 0.417 e. The first kappa shape index (κ1) is 32.7. The van der Waals surface area contributed by atoms with Gasteiger partial charge in [0.05, 0.1) is 29.0 Å². The van der Waals surface area contributed by atoms with Gasteiger partial charge >= 0.3 is 12.2 Å². The number of nitrogens with zero attached hydrogens (tertiary/aromatic N) is 5. The van der Waals surface area contributed by atoms with Crippen LogP contribution in [0.15, 0.2) is 18.2 Å². The zero-order valence-electron chi connectivity index (χ0n) is 25.8. The molecule has 5 atom stereocenters. The third kappa shape index (κ3) is 5.57. The number of halogens is 6. The molecule has 0 amide bonds. The third-order valence-corrected chi connectivity index (χ3v) is 11.1. The van der Waals surface area contributed by atoms with Gasteiger partial charge in [-0.15, -0.1) is 11.3 Å². The van der Waals surface area contributed by atoms with Crippen molar-refractivity contribution in [1.82, 2.24) is 14.9 Å². The van der Waals surface area contributed by atoms with Crippen LogP contribution in [-0.2, 0) is 6.18 Å². The molecule has 2 aromatic heterocycles. The van der Waals surface area contributed by atoms with E-state index in [1.165, 1.54) is 20.0 Å². The Labute approximate surface area is 275 Å². The van der Waals surface area contributed by atoms with Crippen LogP contribution >= 0.6 is 11.3 Å².